The summed E-state index contributed by atoms with van der Waals surface area (Å²) in [7, 11) is 0. The Hall–Kier alpha value is -0.660. The number of rotatable bonds is 0. The van der Waals surface area contributed by atoms with Crippen molar-refractivity contribution >= 4 is 11.6 Å². The summed E-state index contributed by atoms with van der Waals surface area (Å²) in [5, 5.41) is 0. The van der Waals surface area contributed by atoms with Gasteiger partial charge in [0.25, 0.3) is 0 Å². The van der Waals surface area contributed by atoms with Gasteiger partial charge in [-0.2, -0.15) is 0 Å². The largest absolute Gasteiger partial charge is 0.299 e. The molecule has 0 aromatic heterocycles. The van der Waals surface area contributed by atoms with Crippen molar-refractivity contribution in [2.24, 2.45) is 10.8 Å². The maximum Gasteiger partial charge on any atom is 0.139 e. The Morgan fingerprint density at radius 3 is 2.08 bits per heavy atom. The molecule has 2 atom stereocenters. The molecule has 0 saturated heterocycles. The molecule has 0 amide bonds. The topological polar surface area (TPSA) is 34.1 Å². The highest BCUT2D eigenvalue weighted by Gasteiger charge is 2.59. The van der Waals surface area contributed by atoms with Gasteiger partial charge in [0.05, 0.1) is 0 Å². The molecule has 0 aliphatic heterocycles. The first kappa shape index (κ1) is 8.92. The van der Waals surface area contributed by atoms with Crippen LogP contribution in [-0.2, 0) is 9.59 Å². The molecule has 13 heavy (non-hydrogen) atoms. The van der Waals surface area contributed by atoms with Crippen molar-refractivity contribution in [1.29, 1.82) is 0 Å². The second kappa shape index (κ2) is 2.43. The highest BCUT2D eigenvalue weighted by atomic mass is 16.1. The number of carbonyl (C=O) groups is 2. The first-order valence-corrected chi connectivity index (χ1v) is 5.07. The normalized spacial score (nSPS) is 45.1. The lowest BCUT2D eigenvalue weighted by Crippen LogP contribution is -2.46. The Kier molecular flexibility index (Phi) is 1.67. The van der Waals surface area contributed by atoms with Crippen molar-refractivity contribution in [1.82, 2.24) is 0 Å². The van der Waals surface area contributed by atoms with Crippen LogP contribution in [0.15, 0.2) is 0 Å². The van der Waals surface area contributed by atoms with Gasteiger partial charge in [-0.25, -0.2) is 0 Å². The smallest absolute Gasteiger partial charge is 0.139 e. The van der Waals surface area contributed by atoms with Crippen molar-refractivity contribution in [2.75, 3.05) is 0 Å². The van der Waals surface area contributed by atoms with Crippen LogP contribution in [0.4, 0.5) is 0 Å². The standard InChI is InChI=1S/C11H16O2/c1-10-6-3-4-8(12)11(10,2)7-5-9(10)13/h3-7H2,1-2H3/t10-,11+/m1/s1. The fourth-order valence-corrected chi connectivity index (χ4v) is 2.96. The van der Waals surface area contributed by atoms with E-state index in [1.165, 1.54) is 0 Å². The molecule has 0 unspecified atom stereocenters. The van der Waals surface area contributed by atoms with Gasteiger partial charge in [0.1, 0.15) is 11.6 Å². The molecule has 2 aliphatic carbocycles. The van der Waals surface area contributed by atoms with E-state index >= 15 is 0 Å². The van der Waals surface area contributed by atoms with Crippen LogP contribution in [-0.4, -0.2) is 11.6 Å². The van der Waals surface area contributed by atoms with Crippen molar-refractivity contribution in [3.05, 3.63) is 0 Å². The number of fused-ring (bicyclic) bond motifs is 1. The van der Waals surface area contributed by atoms with Crippen molar-refractivity contribution in [3.63, 3.8) is 0 Å². The third kappa shape index (κ3) is 0.890. The number of ketones is 2. The summed E-state index contributed by atoms with van der Waals surface area (Å²) in [6.07, 6.45) is 3.88. The van der Waals surface area contributed by atoms with E-state index in [0.29, 0.717) is 24.4 Å². The quantitative estimate of drug-likeness (QED) is 0.572. The lowest BCUT2D eigenvalue weighted by Gasteiger charge is -2.42. The SMILES string of the molecule is C[C@@]12CCC(=O)[C@@]1(C)CCCC2=O. The fraction of sp³-hybridized carbons (Fsp3) is 0.818. The zero-order chi connectivity index (χ0) is 9.69. The second-order valence-corrected chi connectivity index (χ2v) is 4.86. The van der Waals surface area contributed by atoms with Crippen LogP contribution >= 0.6 is 0 Å². The predicted octanol–water partition coefficient (Wildman–Crippen LogP) is 2.11. The van der Waals surface area contributed by atoms with E-state index in [-0.39, 0.29) is 10.8 Å². The highest BCUT2D eigenvalue weighted by Crippen LogP contribution is 2.56. The monoisotopic (exact) mass is 180 g/mol. The van der Waals surface area contributed by atoms with Gasteiger partial charge in [-0.15, -0.1) is 0 Å². The van der Waals surface area contributed by atoms with Gasteiger partial charge in [0, 0.05) is 23.7 Å². The Morgan fingerprint density at radius 2 is 1.46 bits per heavy atom. The van der Waals surface area contributed by atoms with Gasteiger partial charge >= 0.3 is 0 Å². The molecule has 0 aromatic carbocycles. The summed E-state index contributed by atoms with van der Waals surface area (Å²) in [5.74, 6) is 0.621. The summed E-state index contributed by atoms with van der Waals surface area (Å²) >= 11 is 0. The number of carbonyl (C=O) groups excluding carboxylic acids is 2. The Bertz CT molecular complexity index is 280. The summed E-state index contributed by atoms with van der Waals surface area (Å²) in [6, 6.07) is 0. The van der Waals surface area contributed by atoms with Crippen LogP contribution < -0.4 is 0 Å². The lowest BCUT2D eigenvalue weighted by atomic mass is 9.59. The molecule has 2 saturated carbocycles. The molecule has 0 spiro atoms. The Labute approximate surface area is 78.7 Å². The van der Waals surface area contributed by atoms with E-state index in [2.05, 4.69) is 0 Å². The molecular formula is C11H16O2. The fourth-order valence-electron chi connectivity index (χ4n) is 2.96. The van der Waals surface area contributed by atoms with Gasteiger partial charge in [-0.3, -0.25) is 9.59 Å². The van der Waals surface area contributed by atoms with Crippen LogP contribution in [0.1, 0.15) is 46.0 Å². The van der Waals surface area contributed by atoms with E-state index in [1.807, 2.05) is 13.8 Å². The van der Waals surface area contributed by atoms with Gasteiger partial charge in [-0.05, 0) is 19.3 Å². The second-order valence-electron chi connectivity index (χ2n) is 4.86. The minimum absolute atomic E-state index is 0.308. The van der Waals surface area contributed by atoms with Crippen LogP contribution in [0.5, 0.6) is 0 Å². The van der Waals surface area contributed by atoms with Crippen molar-refractivity contribution < 1.29 is 9.59 Å². The molecule has 72 valence electrons. The minimum atomic E-state index is -0.331. The van der Waals surface area contributed by atoms with Crippen molar-refractivity contribution in [2.45, 2.75) is 46.0 Å². The Balaban J connectivity index is 2.46. The van der Waals surface area contributed by atoms with Gasteiger partial charge in [0.15, 0.2) is 0 Å². The zero-order valence-electron chi connectivity index (χ0n) is 8.35. The molecule has 0 bridgehead atoms. The molecule has 2 rings (SSSR count). The van der Waals surface area contributed by atoms with Crippen LogP contribution in [0.3, 0.4) is 0 Å². The van der Waals surface area contributed by atoms with Crippen LogP contribution in [0, 0.1) is 10.8 Å². The molecule has 0 aromatic rings. The molecule has 2 aliphatic rings. The molecule has 2 heteroatoms. The van der Waals surface area contributed by atoms with E-state index in [9.17, 15) is 9.59 Å². The zero-order valence-corrected chi connectivity index (χ0v) is 8.35. The van der Waals surface area contributed by atoms with E-state index < -0.39 is 0 Å². The van der Waals surface area contributed by atoms with Crippen LogP contribution in [0.25, 0.3) is 0 Å². The summed E-state index contributed by atoms with van der Waals surface area (Å²) in [4.78, 5) is 23.5. The average molecular weight is 180 g/mol. The first-order chi connectivity index (χ1) is 6.01. The van der Waals surface area contributed by atoms with Crippen LogP contribution in [0.2, 0.25) is 0 Å². The summed E-state index contributed by atoms with van der Waals surface area (Å²) in [5.41, 5.74) is -0.662. The first-order valence-electron chi connectivity index (χ1n) is 5.07. The summed E-state index contributed by atoms with van der Waals surface area (Å²) in [6.45, 7) is 3.97. The number of hydrogen-bond donors (Lipinski definition) is 0. The number of Topliss-reactive ketones (excluding diaryl/α,β-unsaturated/α-hetero) is 2. The maximum atomic E-state index is 11.8. The average Bonchev–Trinajstić information content (AvgIpc) is 2.31. The van der Waals surface area contributed by atoms with Gasteiger partial charge in [0.2, 0.25) is 0 Å². The number of hydrogen-bond acceptors (Lipinski definition) is 2. The third-order valence-electron chi connectivity index (χ3n) is 4.38. The molecule has 0 heterocycles. The minimum Gasteiger partial charge on any atom is -0.299 e. The van der Waals surface area contributed by atoms with Gasteiger partial charge in [-0.1, -0.05) is 13.8 Å². The van der Waals surface area contributed by atoms with Crippen molar-refractivity contribution in [3.8, 4) is 0 Å². The molecule has 2 nitrogen and oxygen atoms in total. The molecule has 2 fully saturated rings. The third-order valence-corrected chi connectivity index (χ3v) is 4.38. The summed E-state index contributed by atoms with van der Waals surface area (Å²) < 4.78 is 0. The van der Waals surface area contributed by atoms with Gasteiger partial charge < -0.3 is 0 Å². The Morgan fingerprint density at radius 1 is 0.923 bits per heavy atom. The molecule has 0 N–H and O–H groups in total. The highest BCUT2D eigenvalue weighted by molar-refractivity contribution is 5.99. The molecular weight excluding hydrogens is 164 g/mol. The van der Waals surface area contributed by atoms with E-state index in [0.717, 1.165) is 19.3 Å². The maximum absolute atomic E-state index is 11.8. The van der Waals surface area contributed by atoms with E-state index in [4.69, 9.17) is 0 Å². The lowest BCUT2D eigenvalue weighted by molar-refractivity contribution is -0.144. The molecule has 0 radical (unpaired) electrons. The predicted molar refractivity (Wildman–Crippen MR) is 49.3 cm³/mol. The van der Waals surface area contributed by atoms with E-state index in [1.54, 1.807) is 0 Å².